The fourth-order valence-corrected chi connectivity index (χ4v) is 9.24. The number of aliphatic hydroxyl groups is 2. The van der Waals surface area contributed by atoms with E-state index in [2.05, 4.69) is 31.3 Å². The topological polar surface area (TPSA) is 69.6 Å². The normalized spacial score (nSPS) is 12.9. The summed E-state index contributed by atoms with van der Waals surface area (Å²) in [6, 6.07) is -0.617. The van der Waals surface area contributed by atoms with E-state index in [1.807, 2.05) is 6.08 Å². The molecule has 374 valence electrons. The first-order valence-corrected chi connectivity index (χ1v) is 29.1. The van der Waals surface area contributed by atoms with Gasteiger partial charge in [-0.05, 0) is 44.9 Å². The molecule has 0 saturated carbocycles. The summed E-state index contributed by atoms with van der Waals surface area (Å²) < 4.78 is 0. The summed E-state index contributed by atoms with van der Waals surface area (Å²) in [6.07, 6.45) is 73.7. The third kappa shape index (κ3) is 51.7. The van der Waals surface area contributed by atoms with Crippen LogP contribution in [0.2, 0.25) is 0 Å². The van der Waals surface area contributed by atoms with E-state index >= 15 is 0 Å². The molecule has 0 aromatic heterocycles. The Hall–Kier alpha value is -1.13. The molecule has 0 radical (unpaired) electrons. The molecule has 0 fully saturated rings. The lowest BCUT2D eigenvalue weighted by atomic mass is 10.0. The first kappa shape index (κ1) is 61.9. The zero-order valence-electron chi connectivity index (χ0n) is 43.1. The number of carbonyl (C=O) groups is 1. The molecule has 0 saturated heterocycles. The van der Waals surface area contributed by atoms with Crippen LogP contribution in [0.25, 0.3) is 0 Å². The van der Waals surface area contributed by atoms with Crippen LogP contribution < -0.4 is 5.32 Å². The summed E-state index contributed by atoms with van der Waals surface area (Å²) in [5, 5.41) is 23.0. The standard InChI is InChI=1S/C59H115NO3/c1-3-5-7-9-11-13-15-17-18-19-20-21-22-23-24-25-26-27-28-29-30-31-32-33-34-35-36-37-38-39-40-41-42-43-45-47-49-51-53-55-59(63)60-57(56-61)58(62)54-52-50-48-46-44-16-14-12-10-8-6-4-2/h19-20,52,54,57-58,61-62H,3-18,21-51,53,55-56H2,1-2H3,(H,60,63)/b20-19-,54-52+. The fourth-order valence-electron chi connectivity index (χ4n) is 9.24. The van der Waals surface area contributed by atoms with Crippen molar-refractivity contribution in [1.82, 2.24) is 5.32 Å². The van der Waals surface area contributed by atoms with Gasteiger partial charge in [-0.15, -0.1) is 0 Å². The van der Waals surface area contributed by atoms with Crippen molar-refractivity contribution in [2.24, 2.45) is 0 Å². The number of hydrogen-bond donors (Lipinski definition) is 3. The first-order chi connectivity index (χ1) is 31.2. The van der Waals surface area contributed by atoms with E-state index in [-0.39, 0.29) is 12.5 Å². The van der Waals surface area contributed by atoms with E-state index in [1.54, 1.807) is 6.08 Å². The molecule has 4 heteroatoms. The number of carbonyl (C=O) groups excluding carboxylic acids is 1. The number of unbranched alkanes of at least 4 members (excludes halogenated alkanes) is 45. The van der Waals surface area contributed by atoms with Crippen molar-refractivity contribution >= 4 is 5.91 Å². The van der Waals surface area contributed by atoms with Crippen LogP contribution in [-0.4, -0.2) is 34.9 Å². The van der Waals surface area contributed by atoms with Gasteiger partial charge in [0.25, 0.3) is 0 Å². The SMILES string of the molecule is CCCCCCCCCC/C=C\CCCCCCCCCCCCCCCCCCCCCCCCCCCCCC(=O)NC(CO)C(O)/C=C/CCCCCCCCCCCC. The van der Waals surface area contributed by atoms with Crippen molar-refractivity contribution < 1.29 is 15.0 Å². The van der Waals surface area contributed by atoms with Gasteiger partial charge in [-0.2, -0.15) is 0 Å². The van der Waals surface area contributed by atoms with Crippen molar-refractivity contribution in [3.63, 3.8) is 0 Å². The summed E-state index contributed by atoms with van der Waals surface area (Å²) in [7, 11) is 0. The quantitative estimate of drug-likeness (QED) is 0.0421. The zero-order valence-corrected chi connectivity index (χ0v) is 43.1. The van der Waals surface area contributed by atoms with Crippen molar-refractivity contribution in [2.45, 2.75) is 341 Å². The van der Waals surface area contributed by atoms with E-state index < -0.39 is 12.1 Å². The molecule has 0 aliphatic carbocycles. The Bertz CT molecular complexity index is 916. The predicted molar refractivity (Wildman–Crippen MR) is 281 cm³/mol. The maximum Gasteiger partial charge on any atom is 0.220 e. The largest absolute Gasteiger partial charge is 0.394 e. The minimum absolute atomic E-state index is 0.0587. The highest BCUT2D eigenvalue weighted by atomic mass is 16.3. The molecule has 63 heavy (non-hydrogen) atoms. The molecule has 4 nitrogen and oxygen atoms in total. The fraction of sp³-hybridized carbons (Fsp3) is 0.915. The molecule has 0 aromatic rings. The summed E-state index contributed by atoms with van der Waals surface area (Å²) >= 11 is 0. The van der Waals surface area contributed by atoms with Crippen molar-refractivity contribution in [3.05, 3.63) is 24.3 Å². The number of rotatable bonds is 54. The number of allylic oxidation sites excluding steroid dienone is 3. The summed E-state index contributed by atoms with van der Waals surface area (Å²) in [5.41, 5.74) is 0. The molecular formula is C59H115NO3. The molecule has 2 atom stereocenters. The highest BCUT2D eigenvalue weighted by Crippen LogP contribution is 2.18. The Morgan fingerprint density at radius 1 is 0.365 bits per heavy atom. The molecule has 0 rings (SSSR count). The lowest BCUT2D eigenvalue weighted by Crippen LogP contribution is -2.45. The molecule has 0 heterocycles. The average molecular weight is 887 g/mol. The Labute approximate surface area is 396 Å². The second-order valence-corrected chi connectivity index (χ2v) is 20.1. The number of hydrogen-bond acceptors (Lipinski definition) is 3. The third-order valence-electron chi connectivity index (χ3n) is 13.7. The van der Waals surface area contributed by atoms with Crippen LogP contribution in [0.4, 0.5) is 0 Å². The minimum atomic E-state index is -0.834. The minimum Gasteiger partial charge on any atom is -0.394 e. The van der Waals surface area contributed by atoms with Gasteiger partial charge in [0.05, 0.1) is 18.8 Å². The molecule has 1 amide bonds. The molecular weight excluding hydrogens is 771 g/mol. The summed E-state index contributed by atoms with van der Waals surface area (Å²) in [5.74, 6) is -0.0587. The van der Waals surface area contributed by atoms with Gasteiger partial charge in [-0.3, -0.25) is 4.79 Å². The van der Waals surface area contributed by atoms with Crippen molar-refractivity contribution in [2.75, 3.05) is 6.61 Å². The first-order valence-electron chi connectivity index (χ1n) is 29.1. The lowest BCUT2D eigenvalue weighted by Gasteiger charge is -2.20. The van der Waals surface area contributed by atoms with Crippen LogP contribution >= 0.6 is 0 Å². The van der Waals surface area contributed by atoms with E-state index in [9.17, 15) is 15.0 Å². The smallest absolute Gasteiger partial charge is 0.220 e. The van der Waals surface area contributed by atoms with Gasteiger partial charge in [0.15, 0.2) is 0 Å². The molecule has 0 aliphatic heterocycles. The maximum absolute atomic E-state index is 12.4. The lowest BCUT2D eigenvalue weighted by molar-refractivity contribution is -0.123. The third-order valence-corrected chi connectivity index (χ3v) is 13.7. The molecule has 3 N–H and O–H groups in total. The van der Waals surface area contributed by atoms with Crippen LogP contribution in [0.5, 0.6) is 0 Å². The Kier molecular flexibility index (Phi) is 54.2. The van der Waals surface area contributed by atoms with Gasteiger partial charge in [0.1, 0.15) is 0 Å². The Morgan fingerprint density at radius 2 is 0.603 bits per heavy atom. The molecule has 0 aliphatic rings. The van der Waals surface area contributed by atoms with Gasteiger partial charge in [0, 0.05) is 6.42 Å². The van der Waals surface area contributed by atoms with E-state index in [4.69, 9.17) is 0 Å². The monoisotopic (exact) mass is 886 g/mol. The van der Waals surface area contributed by atoms with E-state index in [0.29, 0.717) is 6.42 Å². The second-order valence-electron chi connectivity index (χ2n) is 20.1. The van der Waals surface area contributed by atoms with Crippen LogP contribution in [0, 0.1) is 0 Å². The van der Waals surface area contributed by atoms with Gasteiger partial charge in [-0.25, -0.2) is 0 Å². The van der Waals surface area contributed by atoms with Gasteiger partial charge >= 0.3 is 0 Å². The molecule has 2 unspecified atom stereocenters. The summed E-state index contributed by atoms with van der Waals surface area (Å²) in [6.45, 7) is 4.32. The molecule has 0 aromatic carbocycles. The Morgan fingerprint density at radius 3 is 0.873 bits per heavy atom. The number of amides is 1. The van der Waals surface area contributed by atoms with Gasteiger partial charge < -0.3 is 15.5 Å². The number of nitrogens with one attached hydrogen (secondary N) is 1. The van der Waals surface area contributed by atoms with Gasteiger partial charge in [-0.1, -0.05) is 301 Å². The van der Waals surface area contributed by atoms with E-state index in [1.165, 1.54) is 283 Å². The van der Waals surface area contributed by atoms with Crippen LogP contribution in [0.3, 0.4) is 0 Å². The highest BCUT2D eigenvalue weighted by Gasteiger charge is 2.18. The van der Waals surface area contributed by atoms with Crippen LogP contribution in [0.15, 0.2) is 24.3 Å². The highest BCUT2D eigenvalue weighted by molar-refractivity contribution is 5.76. The maximum atomic E-state index is 12.4. The van der Waals surface area contributed by atoms with E-state index in [0.717, 1.165) is 25.7 Å². The second kappa shape index (κ2) is 55.2. The van der Waals surface area contributed by atoms with Crippen LogP contribution in [-0.2, 0) is 4.79 Å². The summed E-state index contributed by atoms with van der Waals surface area (Å²) in [4.78, 5) is 12.4. The molecule has 0 bridgehead atoms. The van der Waals surface area contributed by atoms with Gasteiger partial charge in [0.2, 0.25) is 5.91 Å². The zero-order chi connectivity index (χ0) is 45.6. The number of aliphatic hydroxyl groups excluding tert-OH is 2. The predicted octanol–water partition coefficient (Wildman–Crippen LogP) is 19.1. The van der Waals surface area contributed by atoms with Crippen LogP contribution in [0.1, 0.15) is 328 Å². The average Bonchev–Trinajstić information content (AvgIpc) is 3.29. The van der Waals surface area contributed by atoms with Crippen molar-refractivity contribution in [1.29, 1.82) is 0 Å². The Balaban J connectivity index is 3.34. The van der Waals surface area contributed by atoms with Crippen molar-refractivity contribution in [3.8, 4) is 0 Å². The molecule has 0 spiro atoms.